The van der Waals surface area contributed by atoms with Crippen LogP contribution >= 0.6 is 0 Å². The minimum atomic E-state index is -0.948. The average Bonchev–Trinajstić information content (AvgIpc) is 2.39. The fraction of sp³-hybridized carbons (Fsp3) is 0.739. The Morgan fingerprint density at radius 2 is 1.50 bits per heavy atom. The van der Waals surface area contributed by atoms with Gasteiger partial charge in [-0.05, 0) is 76.7 Å². The molecule has 4 rings (SSSR count). The molecule has 0 radical (unpaired) electrons. The minimum Gasteiger partial charge on any atom is -0.456 e. The number of rotatable bonds is 5. The van der Waals surface area contributed by atoms with E-state index in [9.17, 15) is 14.7 Å². The third-order valence-corrected chi connectivity index (χ3v) is 6.41. The summed E-state index contributed by atoms with van der Waals surface area (Å²) >= 11 is 0. The third-order valence-electron chi connectivity index (χ3n) is 6.41. The van der Waals surface area contributed by atoms with Crippen LogP contribution in [0, 0.1) is 10.8 Å². The lowest BCUT2D eigenvalue weighted by molar-refractivity contribution is -0.258. The number of aliphatic hydroxyl groups is 1. The molecule has 4 aliphatic rings. The zero-order chi connectivity index (χ0) is 21.2. The highest BCUT2D eigenvalue weighted by atomic mass is 16.6. The summed E-state index contributed by atoms with van der Waals surface area (Å²) < 4.78 is 11.5. The molecule has 0 aromatic rings. The van der Waals surface area contributed by atoms with Gasteiger partial charge in [-0.3, -0.25) is 0 Å². The molecule has 4 fully saturated rings. The lowest BCUT2D eigenvalue weighted by atomic mass is 9.42. The highest BCUT2D eigenvalue weighted by Crippen LogP contribution is 2.68. The van der Waals surface area contributed by atoms with E-state index in [4.69, 9.17) is 9.47 Å². The molecule has 0 aromatic carbocycles. The first-order chi connectivity index (χ1) is 12.6. The molecule has 4 saturated carbocycles. The summed E-state index contributed by atoms with van der Waals surface area (Å²) in [6.07, 6.45) is 6.37. The topological polar surface area (TPSA) is 72.8 Å². The molecule has 2 unspecified atom stereocenters. The highest BCUT2D eigenvalue weighted by Gasteiger charge is 2.66. The predicted molar refractivity (Wildman–Crippen MR) is 106 cm³/mol. The zero-order valence-corrected chi connectivity index (χ0v) is 18.1. The van der Waals surface area contributed by atoms with Crippen molar-refractivity contribution in [3.63, 3.8) is 0 Å². The summed E-state index contributed by atoms with van der Waals surface area (Å²) in [5.74, 6) is -0.899. The van der Waals surface area contributed by atoms with Crippen LogP contribution in [-0.4, -0.2) is 33.8 Å². The van der Waals surface area contributed by atoms with E-state index in [2.05, 4.69) is 20.4 Å². The zero-order valence-electron chi connectivity index (χ0n) is 18.1. The summed E-state index contributed by atoms with van der Waals surface area (Å²) in [7, 11) is 0. The van der Waals surface area contributed by atoms with Crippen molar-refractivity contribution < 1.29 is 24.2 Å². The molecule has 156 valence electrons. The molecular weight excluding hydrogens is 356 g/mol. The van der Waals surface area contributed by atoms with Crippen LogP contribution in [0.1, 0.15) is 80.1 Å². The van der Waals surface area contributed by atoms with E-state index in [1.54, 1.807) is 33.8 Å². The van der Waals surface area contributed by atoms with E-state index < -0.39 is 28.7 Å². The number of esters is 2. The van der Waals surface area contributed by atoms with Gasteiger partial charge in [-0.1, -0.05) is 20.4 Å². The quantitative estimate of drug-likeness (QED) is 0.561. The molecule has 0 saturated heterocycles. The van der Waals surface area contributed by atoms with Gasteiger partial charge in [-0.15, -0.1) is 0 Å². The van der Waals surface area contributed by atoms with Crippen LogP contribution in [0.4, 0.5) is 0 Å². The van der Waals surface area contributed by atoms with Gasteiger partial charge in [0.25, 0.3) is 0 Å². The molecule has 5 heteroatoms. The fourth-order valence-corrected chi connectivity index (χ4v) is 6.85. The van der Waals surface area contributed by atoms with Crippen molar-refractivity contribution in [2.45, 2.75) is 96.9 Å². The molecule has 0 aromatic heterocycles. The first kappa shape index (κ1) is 21.1. The van der Waals surface area contributed by atoms with Crippen molar-refractivity contribution in [1.29, 1.82) is 0 Å². The lowest BCUT2D eigenvalue weighted by Crippen LogP contribution is -2.66. The molecule has 0 heterocycles. The Hall–Kier alpha value is -1.62. The van der Waals surface area contributed by atoms with Crippen LogP contribution in [0.3, 0.4) is 0 Å². The molecule has 0 aliphatic heterocycles. The van der Waals surface area contributed by atoms with Crippen molar-refractivity contribution in [1.82, 2.24) is 0 Å². The lowest BCUT2D eigenvalue weighted by Gasteiger charge is -2.67. The van der Waals surface area contributed by atoms with Gasteiger partial charge in [-0.2, -0.15) is 0 Å². The number of ether oxygens (including phenoxy) is 2. The SMILES string of the molecule is C=C(C)C(=O)OC(C)(C)/C=C(/C)C(=O)OC12CC3(C)CC(C)(CC(O)(C3)C1)C2. The number of hydrogen-bond donors (Lipinski definition) is 1. The number of hydrogen-bond acceptors (Lipinski definition) is 5. The normalized spacial score (nSPS) is 39.6. The van der Waals surface area contributed by atoms with Gasteiger partial charge in [-0.25, -0.2) is 9.59 Å². The summed E-state index contributed by atoms with van der Waals surface area (Å²) in [5.41, 5.74) is -1.58. The second-order valence-electron chi connectivity index (χ2n) is 11.1. The number of carbonyl (C=O) groups is 2. The second kappa shape index (κ2) is 6.19. The monoisotopic (exact) mass is 390 g/mol. The maximum atomic E-state index is 12.9. The maximum Gasteiger partial charge on any atom is 0.334 e. The van der Waals surface area contributed by atoms with E-state index in [1.165, 1.54) is 0 Å². The summed E-state index contributed by atoms with van der Waals surface area (Å²) in [6, 6.07) is 0. The van der Waals surface area contributed by atoms with Crippen LogP contribution < -0.4 is 0 Å². The molecule has 0 spiro atoms. The van der Waals surface area contributed by atoms with Gasteiger partial charge in [0.05, 0.1) is 5.60 Å². The van der Waals surface area contributed by atoms with Crippen LogP contribution in [0.15, 0.2) is 23.8 Å². The average molecular weight is 391 g/mol. The largest absolute Gasteiger partial charge is 0.456 e. The molecule has 4 aliphatic carbocycles. The molecular formula is C23H34O5. The van der Waals surface area contributed by atoms with Crippen molar-refractivity contribution in [3.8, 4) is 0 Å². The highest BCUT2D eigenvalue weighted by molar-refractivity contribution is 5.89. The summed E-state index contributed by atoms with van der Waals surface area (Å²) in [4.78, 5) is 24.7. The first-order valence-electron chi connectivity index (χ1n) is 10.1. The standard InChI is InChI=1S/C23H34O5/c1-15(2)17(24)27-19(4,5)8-16(3)18(25)28-23-12-20(6)9-21(7,13-23)11-22(26,10-20)14-23/h8,26H,1,9-14H2,2-7H3/b16-8-. The van der Waals surface area contributed by atoms with Crippen molar-refractivity contribution in [2.75, 3.05) is 0 Å². The Bertz CT molecular complexity index is 705. The first-order valence-corrected chi connectivity index (χ1v) is 10.1. The van der Waals surface area contributed by atoms with Gasteiger partial charge in [0.2, 0.25) is 0 Å². The predicted octanol–water partition coefficient (Wildman–Crippen LogP) is 4.24. The maximum absolute atomic E-state index is 12.9. The van der Waals surface area contributed by atoms with Gasteiger partial charge < -0.3 is 14.6 Å². The molecule has 0 amide bonds. The van der Waals surface area contributed by atoms with E-state index >= 15 is 0 Å². The summed E-state index contributed by atoms with van der Waals surface area (Å²) in [5, 5.41) is 11.1. The van der Waals surface area contributed by atoms with Crippen LogP contribution in [0.5, 0.6) is 0 Å². The van der Waals surface area contributed by atoms with E-state index in [0.717, 1.165) is 32.1 Å². The van der Waals surface area contributed by atoms with Crippen LogP contribution in [0.25, 0.3) is 0 Å². The molecule has 28 heavy (non-hydrogen) atoms. The molecule has 5 nitrogen and oxygen atoms in total. The summed E-state index contributed by atoms with van der Waals surface area (Å²) in [6.45, 7) is 14.7. The second-order valence-corrected chi connectivity index (χ2v) is 11.1. The Kier molecular flexibility index (Phi) is 4.66. The number of carbonyl (C=O) groups excluding carboxylic acids is 2. The third kappa shape index (κ3) is 4.05. The van der Waals surface area contributed by atoms with E-state index in [-0.39, 0.29) is 10.8 Å². The minimum absolute atomic E-state index is 0.00639. The van der Waals surface area contributed by atoms with Crippen LogP contribution in [-0.2, 0) is 19.1 Å². The van der Waals surface area contributed by atoms with E-state index in [0.29, 0.717) is 17.6 Å². The van der Waals surface area contributed by atoms with Gasteiger partial charge >= 0.3 is 11.9 Å². The molecule has 2 atom stereocenters. The van der Waals surface area contributed by atoms with Gasteiger partial charge in [0, 0.05) is 17.6 Å². The van der Waals surface area contributed by atoms with Gasteiger partial charge in [0.15, 0.2) is 0 Å². The van der Waals surface area contributed by atoms with Crippen molar-refractivity contribution in [3.05, 3.63) is 23.8 Å². The van der Waals surface area contributed by atoms with Crippen LogP contribution in [0.2, 0.25) is 0 Å². The smallest absolute Gasteiger partial charge is 0.334 e. The Morgan fingerprint density at radius 1 is 0.964 bits per heavy atom. The van der Waals surface area contributed by atoms with Crippen molar-refractivity contribution in [2.24, 2.45) is 10.8 Å². The van der Waals surface area contributed by atoms with Gasteiger partial charge in [0.1, 0.15) is 11.2 Å². The fourth-order valence-electron chi connectivity index (χ4n) is 6.85. The Morgan fingerprint density at radius 3 is 1.96 bits per heavy atom. The Labute approximate surface area is 168 Å². The van der Waals surface area contributed by atoms with Crippen molar-refractivity contribution >= 4 is 11.9 Å². The molecule has 1 N–H and O–H groups in total. The van der Waals surface area contributed by atoms with E-state index in [1.807, 2.05) is 0 Å². The Balaban J connectivity index is 1.77. The molecule has 4 bridgehead atoms.